The maximum absolute atomic E-state index is 13.5. The van der Waals surface area contributed by atoms with E-state index in [1.165, 1.54) is 19.4 Å². The molecule has 3 aromatic carbocycles. The molecule has 2 aliphatic heterocycles. The molecular weight excluding hydrogens is 746 g/mol. The fourth-order valence-electron chi connectivity index (χ4n) is 7.70. The summed E-state index contributed by atoms with van der Waals surface area (Å²) in [6.45, 7) is 0.722. The zero-order valence-electron chi connectivity index (χ0n) is 31.7. The van der Waals surface area contributed by atoms with Crippen molar-refractivity contribution >= 4 is 41.4 Å². The third kappa shape index (κ3) is 7.75. The Balaban J connectivity index is 0.863. The van der Waals surface area contributed by atoms with E-state index in [1.807, 2.05) is 24.3 Å². The van der Waals surface area contributed by atoms with Crippen LogP contribution in [0.5, 0.6) is 11.5 Å². The summed E-state index contributed by atoms with van der Waals surface area (Å²) in [7, 11) is 1.26. The van der Waals surface area contributed by atoms with Gasteiger partial charge in [-0.2, -0.15) is 0 Å². The fourth-order valence-corrected chi connectivity index (χ4v) is 7.70. The molecule has 3 aliphatic rings. The molecule has 4 N–H and O–H groups in total. The van der Waals surface area contributed by atoms with Gasteiger partial charge in [-0.05, 0) is 66.3 Å². The number of piperidine rings is 1. The van der Waals surface area contributed by atoms with Gasteiger partial charge in [0.25, 0.3) is 23.6 Å². The Morgan fingerprint density at radius 3 is 2.29 bits per heavy atom. The topological polar surface area (TPSA) is 210 Å². The first-order valence-corrected chi connectivity index (χ1v) is 19.0. The Bertz CT molecular complexity index is 2300. The number of aromatic nitrogens is 1. The fraction of sp³-hybridized carbons (Fsp3) is 0.302. The first-order chi connectivity index (χ1) is 28.0. The van der Waals surface area contributed by atoms with E-state index in [-0.39, 0.29) is 66.5 Å². The van der Waals surface area contributed by atoms with Crippen molar-refractivity contribution in [1.29, 1.82) is 0 Å². The average Bonchev–Trinajstić information content (AvgIpc) is 3.73. The monoisotopic (exact) mass is 787 g/mol. The summed E-state index contributed by atoms with van der Waals surface area (Å²) in [6.07, 6.45) is 4.91. The molecule has 3 heterocycles. The number of nitrogens with zero attached hydrogens (tertiary/aromatic N) is 2. The van der Waals surface area contributed by atoms with Crippen LogP contribution in [0.25, 0.3) is 11.1 Å². The molecule has 1 aromatic heterocycles. The predicted octanol–water partition coefficient (Wildman–Crippen LogP) is 3.67. The summed E-state index contributed by atoms with van der Waals surface area (Å²) in [4.78, 5) is 94.5. The molecule has 6 amide bonds. The SMILES string of the molecule is COC(=O)C1(NC(=O)c2nccc(-c3ccc(C(=O)NCCCCCCOc4cccc5c4C(=O)N(C4CCC(=O)NC4=O)C5=O)cc3)c2O)Cc2ccccc2C1. The molecule has 58 heavy (non-hydrogen) atoms. The maximum Gasteiger partial charge on any atom is 0.332 e. The molecule has 0 spiro atoms. The van der Waals surface area contributed by atoms with Gasteiger partial charge in [-0.3, -0.25) is 39.0 Å². The van der Waals surface area contributed by atoms with Gasteiger partial charge in [0.05, 0.1) is 24.8 Å². The van der Waals surface area contributed by atoms with Gasteiger partial charge in [-0.15, -0.1) is 0 Å². The van der Waals surface area contributed by atoms with E-state index in [1.54, 1.807) is 42.5 Å². The number of methoxy groups -OCH3 is 1. The van der Waals surface area contributed by atoms with Gasteiger partial charge in [0.1, 0.15) is 17.3 Å². The third-order valence-electron chi connectivity index (χ3n) is 10.7. The first kappa shape index (κ1) is 39.3. The van der Waals surface area contributed by atoms with E-state index in [4.69, 9.17) is 9.47 Å². The normalized spacial score (nSPS) is 16.6. The number of pyridine rings is 1. The second-order valence-electron chi connectivity index (χ2n) is 14.4. The standard InChI is InChI=1S/C43H41N5O10/c1-57-42(56)43(23-27-9-4-5-10-28(27)24-43)47-39(53)35-36(50)29(19-21-44-35)25-13-15-26(16-14-25)37(51)45-20-6-2-3-7-22-58-32-12-8-11-30-34(32)41(55)48(40(30)54)31-17-18-33(49)46-38(31)52/h4-5,8-16,19,21,31,50H,2-3,6-7,17-18,20,22-24H2,1H3,(H,45,51)(H,47,53)(H,46,49,52). The van der Waals surface area contributed by atoms with Gasteiger partial charge in [-0.25, -0.2) is 9.78 Å². The van der Waals surface area contributed by atoms with Crippen LogP contribution in [0.2, 0.25) is 0 Å². The lowest BCUT2D eigenvalue weighted by Gasteiger charge is -2.27. The highest BCUT2D eigenvalue weighted by Gasteiger charge is 2.47. The van der Waals surface area contributed by atoms with E-state index >= 15 is 0 Å². The number of amides is 6. The molecule has 1 fully saturated rings. The number of esters is 1. The molecule has 0 radical (unpaired) electrons. The van der Waals surface area contributed by atoms with Gasteiger partial charge in [0, 0.05) is 43.1 Å². The van der Waals surface area contributed by atoms with E-state index in [2.05, 4.69) is 20.9 Å². The highest BCUT2D eigenvalue weighted by atomic mass is 16.5. The maximum atomic E-state index is 13.5. The van der Waals surface area contributed by atoms with Crippen LogP contribution < -0.4 is 20.7 Å². The van der Waals surface area contributed by atoms with Crippen molar-refractivity contribution in [2.45, 2.75) is 62.9 Å². The lowest BCUT2D eigenvalue weighted by molar-refractivity contribution is -0.148. The number of carbonyl (C=O) groups excluding carboxylic acids is 7. The van der Waals surface area contributed by atoms with E-state index in [0.717, 1.165) is 28.9 Å². The summed E-state index contributed by atoms with van der Waals surface area (Å²) in [6, 6.07) is 19.3. The number of nitrogens with one attached hydrogen (secondary N) is 3. The average molecular weight is 788 g/mol. The molecule has 0 saturated carbocycles. The zero-order valence-corrected chi connectivity index (χ0v) is 31.7. The molecule has 1 aliphatic carbocycles. The summed E-state index contributed by atoms with van der Waals surface area (Å²) in [5, 5.41) is 19.0. The smallest absolute Gasteiger partial charge is 0.332 e. The molecule has 15 heteroatoms. The minimum atomic E-state index is -1.34. The largest absolute Gasteiger partial charge is 0.505 e. The number of unbranched alkanes of at least 4 members (excludes halogenated alkanes) is 3. The Hall–Kier alpha value is -6.90. The molecule has 1 unspecified atom stereocenters. The van der Waals surface area contributed by atoms with Crippen LogP contribution in [0.4, 0.5) is 0 Å². The van der Waals surface area contributed by atoms with Crippen molar-refractivity contribution in [3.8, 4) is 22.6 Å². The van der Waals surface area contributed by atoms with Gasteiger partial charge >= 0.3 is 5.97 Å². The minimum Gasteiger partial charge on any atom is -0.505 e. The van der Waals surface area contributed by atoms with Crippen molar-refractivity contribution in [3.63, 3.8) is 0 Å². The van der Waals surface area contributed by atoms with Crippen LogP contribution >= 0.6 is 0 Å². The van der Waals surface area contributed by atoms with Crippen molar-refractivity contribution in [1.82, 2.24) is 25.8 Å². The molecule has 1 atom stereocenters. The van der Waals surface area contributed by atoms with E-state index in [0.29, 0.717) is 36.1 Å². The molecule has 15 nitrogen and oxygen atoms in total. The zero-order chi connectivity index (χ0) is 41.0. The van der Waals surface area contributed by atoms with Gasteiger partial charge in [-0.1, -0.05) is 55.3 Å². The molecule has 1 saturated heterocycles. The molecule has 0 bridgehead atoms. The second kappa shape index (κ2) is 16.7. The number of rotatable bonds is 14. The Kier molecular flexibility index (Phi) is 11.3. The number of benzene rings is 3. The van der Waals surface area contributed by atoms with Gasteiger partial charge in [0.2, 0.25) is 11.8 Å². The Morgan fingerprint density at radius 1 is 0.862 bits per heavy atom. The van der Waals surface area contributed by atoms with Crippen molar-refractivity contribution in [3.05, 3.63) is 113 Å². The number of hydrogen-bond acceptors (Lipinski definition) is 11. The Morgan fingerprint density at radius 2 is 1.59 bits per heavy atom. The lowest BCUT2D eigenvalue weighted by Crippen LogP contribution is -2.56. The Labute approximate surface area is 333 Å². The third-order valence-corrected chi connectivity index (χ3v) is 10.7. The first-order valence-electron chi connectivity index (χ1n) is 19.0. The van der Waals surface area contributed by atoms with Crippen LogP contribution in [0.1, 0.15) is 91.2 Å². The van der Waals surface area contributed by atoms with Gasteiger partial charge < -0.3 is 25.2 Å². The summed E-state index contributed by atoms with van der Waals surface area (Å²) in [5.41, 5.74) is 1.79. The van der Waals surface area contributed by atoms with E-state index < -0.39 is 47.1 Å². The number of hydrogen-bond donors (Lipinski definition) is 4. The van der Waals surface area contributed by atoms with Crippen molar-refractivity contribution in [2.24, 2.45) is 0 Å². The number of fused-ring (bicyclic) bond motifs is 2. The van der Waals surface area contributed by atoms with Crippen molar-refractivity contribution < 1.29 is 48.1 Å². The number of ether oxygens (including phenoxy) is 2. The van der Waals surface area contributed by atoms with Crippen LogP contribution in [0.3, 0.4) is 0 Å². The summed E-state index contributed by atoms with van der Waals surface area (Å²) < 4.78 is 10.9. The van der Waals surface area contributed by atoms with Crippen LogP contribution in [0.15, 0.2) is 79.0 Å². The predicted molar refractivity (Wildman–Crippen MR) is 207 cm³/mol. The van der Waals surface area contributed by atoms with Gasteiger partial charge in [0.15, 0.2) is 11.4 Å². The number of imide groups is 2. The van der Waals surface area contributed by atoms with Crippen LogP contribution in [-0.4, -0.2) is 88.2 Å². The molecule has 4 aromatic rings. The highest BCUT2D eigenvalue weighted by molar-refractivity contribution is 6.24. The van der Waals surface area contributed by atoms with Crippen LogP contribution in [-0.2, 0) is 32.0 Å². The van der Waals surface area contributed by atoms with E-state index in [9.17, 15) is 38.7 Å². The summed E-state index contributed by atoms with van der Waals surface area (Å²) >= 11 is 0. The second-order valence-corrected chi connectivity index (χ2v) is 14.4. The minimum absolute atomic E-state index is 0.0358. The number of aromatic hydroxyl groups is 1. The highest BCUT2D eigenvalue weighted by Crippen LogP contribution is 2.36. The van der Waals surface area contributed by atoms with Crippen LogP contribution in [0, 0.1) is 0 Å². The summed E-state index contributed by atoms with van der Waals surface area (Å²) in [5.74, 6) is -4.04. The van der Waals surface area contributed by atoms with Crippen molar-refractivity contribution in [2.75, 3.05) is 20.3 Å². The quantitative estimate of drug-likeness (QED) is 0.0823. The molecule has 298 valence electrons. The number of carbonyl (C=O) groups is 7. The molecular formula is C43H41N5O10. The lowest BCUT2D eigenvalue weighted by atomic mass is 9.95. The molecule has 7 rings (SSSR count).